The van der Waals surface area contributed by atoms with Crippen LogP contribution in [0.5, 0.6) is 5.75 Å². The molecule has 0 unspecified atom stereocenters. The number of carbonyl (C=O) groups is 1. The van der Waals surface area contributed by atoms with Crippen molar-refractivity contribution in [1.82, 2.24) is 5.32 Å². The van der Waals surface area contributed by atoms with Gasteiger partial charge < -0.3 is 10.1 Å². The van der Waals surface area contributed by atoms with Gasteiger partial charge in [0.1, 0.15) is 5.75 Å². The quantitative estimate of drug-likeness (QED) is 0.659. The van der Waals surface area contributed by atoms with Crippen molar-refractivity contribution in [2.75, 3.05) is 18.1 Å². The minimum atomic E-state index is -3.42. The van der Waals surface area contributed by atoms with Crippen LogP contribution in [-0.4, -0.2) is 27.7 Å². The molecule has 0 saturated carbocycles. The fraction of sp³-hybridized carbons (Fsp3) is 0.381. The second kappa shape index (κ2) is 9.05. The van der Waals surface area contributed by atoms with E-state index in [2.05, 4.69) is 30.0 Å². The highest BCUT2D eigenvalue weighted by Gasteiger charge is 2.19. The summed E-state index contributed by atoms with van der Waals surface area (Å²) >= 11 is 6.21. The molecule has 0 aliphatic carbocycles. The predicted octanol–water partition coefficient (Wildman–Crippen LogP) is 4.64. The van der Waals surface area contributed by atoms with Crippen LogP contribution < -0.4 is 14.8 Å². The zero-order valence-corrected chi connectivity index (χ0v) is 19.0. The molecule has 1 amide bonds. The minimum absolute atomic E-state index is 0.165. The first-order valence-electron chi connectivity index (χ1n) is 9.19. The lowest BCUT2D eigenvalue weighted by molar-refractivity contribution is 0.0940. The molecule has 0 aliphatic heterocycles. The monoisotopic (exact) mass is 438 g/mol. The van der Waals surface area contributed by atoms with Crippen LogP contribution >= 0.6 is 11.6 Å². The third-order valence-electron chi connectivity index (χ3n) is 4.57. The van der Waals surface area contributed by atoms with E-state index in [0.717, 1.165) is 28.7 Å². The van der Waals surface area contributed by atoms with Gasteiger partial charge in [0, 0.05) is 5.69 Å². The lowest BCUT2D eigenvalue weighted by Crippen LogP contribution is -2.27. The number of ether oxygens (including phenoxy) is 1. The van der Waals surface area contributed by atoms with E-state index in [1.165, 1.54) is 18.2 Å². The van der Waals surface area contributed by atoms with Crippen molar-refractivity contribution in [3.63, 3.8) is 0 Å². The van der Waals surface area contributed by atoms with Crippen molar-refractivity contribution in [3.05, 3.63) is 57.6 Å². The van der Waals surface area contributed by atoms with Gasteiger partial charge in [0.2, 0.25) is 10.0 Å². The molecule has 6 nitrogen and oxygen atoms in total. The van der Waals surface area contributed by atoms with Gasteiger partial charge in [-0.15, -0.1) is 0 Å². The SMILES string of the molecule is COc1cc(C)c([C@H](C)NC(=O)c2ccc(NS(C)(=O)=O)cc2Cl)cc1C(C)C. The van der Waals surface area contributed by atoms with E-state index in [1.807, 2.05) is 19.9 Å². The van der Waals surface area contributed by atoms with Crippen LogP contribution in [0, 0.1) is 6.92 Å². The Morgan fingerprint density at radius 3 is 2.28 bits per heavy atom. The standard InChI is InChI=1S/C21H27ClN2O4S/c1-12(2)17-11-18(13(3)9-20(17)28-5)14(4)23-21(25)16-8-7-15(10-19(16)22)24-29(6,26)27/h7-12,14,24H,1-6H3,(H,23,25)/t14-/m0/s1. The van der Waals surface area contributed by atoms with Gasteiger partial charge >= 0.3 is 0 Å². The van der Waals surface area contributed by atoms with E-state index in [-0.39, 0.29) is 28.5 Å². The number of aryl methyl sites for hydroxylation is 1. The molecule has 0 spiro atoms. The summed E-state index contributed by atoms with van der Waals surface area (Å²) < 4.78 is 30.5. The number of methoxy groups -OCH3 is 1. The van der Waals surface area contributed by atoms with Gasteiger partial charge in [0.25, 0.3) is 5.91 Å². The Hall–Kier alpha value is -2.25. The fourth-order valence-corrected chi connectivity index (χ4v) is 3.96. The van der Waals surface area contributed by atoms with Crippen LogP contribution in [0.3, 0.4) is 0 Å². The average molecular weight is 439 g/mol. The Bertz CT molecular complexity index is 1020. The number of rotatable bonds is 7. The van der Waals surface area contributed by atoms with Crippen molar-refractivity contribution in [2.24, 2.45) is 0 Å². The molecule has 2 N–H and O–H groups in total. The van der Waals surface area contributed by atoms with Gasteiger partial charge in [-0.1, -0.05) is 25.4 Å². The minimum Gasteiger partial charge on any atom is -0.496 e. The topological polar surface area (TPSA) is 84.5 Å². The first-order chi connectivity index (χ1) is 13.4. The van der Waals surface area contributed by atoms with Crippen LogP contribution in [0.25, 0.3) is 0 Å². The third-order valence-corrected chi connectivity index (χ3v) is 5.49. The van der Waals surface area contributed by atoms with Crippen LogP contribution in [0.15, 0.2) is 30.3 Å². The Kier molecular flexibility index (Phi) is 7.19. The van der Waals surface area contributed by atoms with Crippen molar-refractivity contribution in [3.8, 4) is 5.75 Å². The summed E-state index contributed by atoms with van der Waals surface area (Å²) in [7, 11) is -1.77. The number of hydrogen-bond acceptors (Lipinski definition) is 4. The molecule has 158 valence electrons. The second-order valence-corrected chi connectivity index (χ2v) is 9.53. The summed E-state index contributed by atoms with van der Waals surface area (Å²) in [6.07, 6.45) is 1.05. The van der Waals surface area contributed by atoms with E-state index in [4.69, 9.17) is 16.3 Å². The number of benzene rings is 2. The van der Waals surface area contributed by atoms with Gasteiger partial charge in [0.15, 0.2) is 0 Å². The number of halogens is 1. The van der Waals surface area contributed by atoms with Gasteiger partial charge in [-0.3, -0.25) is 9.52 Å². The molecule has 0 fully saturated rings. The van der Waals surface area contributed by atoms with Crippen molar-refractivity contribution < 1.29 is 17.9 Å². The normalized spacial score (nSPS) is 12.6. The summed E-state index contributed by atoms with van der Waals surface area (Å²) in [5.41, 5.74) is 3.65. The van der Waals surface area contributed by atoms with Crippen LogP contribution in [0.2, 0.25) is 5.02 Å². The second-order valence-electron chi connectivity index (χ2n) is 7.37. The largest absolute Gasteiger partial charge is 0.496 e. The Morgan fingerprint density at radius 1 is 1.10 bits per heavy atom. The molecule has 0 heterocycles. The maximum atomic E-state index is 12.7. The van der Waals surface area contributed by atoms with Crippen LogP contribution in [-0.2, 0) is 10.0 Å². The first-order valence-corrected chi connectivity index (χ1v) is 11.5. The Balaban J connectivity index is 2.26. The summed E-state index contributed by atoms with van der Waals surface area (Å²) in [5.74, 6) is 0.767. The molecule has 29 heavy (non-hydrogen) atoms. The van der Waals surface area contributed by atoms with Gasteiger partial charge in [-0.2, -0.15) is 0 Å². The van der Waals surface area contributed by atoms with Gasteiger partial charge in [0.05, 0.1) is 30.0 Å². The van der Waals surface area contributed by atoms with E-state index in [9.17, 15) is 13.2 Å². The average Bonchev–Trinajstić information content (AvgIpc) is 2.59. The van der Waals surface area contributed by atoms with Crippen LogP contribution in [0.4, 0.5) is 5.69 Å². The maximum absolute atomic E-state index is 12.7. The summed E-state index contributed by atoms with van der Waals surface area (Å²) in [5, 5.41) is 3.13. The molecule has 1 atom stereocenters. The molecule has 0 bridgehead atoms. The van der Waals surface area contributed by atoms with Crippen molar-refractivity contribution in [1.29, 1.82) is 0 Å². The Morgan fingerprint density at radius 2 is 1.76 bits per heavy atom. The molecule has 2 rings (SSSR count). The zero-order valence-electron chi connectivity index (χ0n) is 17.5. The van der Waals surface area contributed by atoms with Crippen LogP contribution in [0.1, 0.15) is 59.8 Å². The number of nitrogens with one attached hydrogen (secondary N) is 2. The zero-order chi connectivity index (χ0) is 21.9. The number of hydrogen-bond donors (Lipinski definition) is 2. The number of sulfonamides is 1. The molecule has 8 heteroatoms. The molecule has 0 aromatic heterocycles. The maximum Gasteiger partial charge on any atom is 0.253 e. The molecule has 0 aliphatic rings. The van der Waals surface area contributed by atoms with E-state index >= 15 is 0 Å². The summed E-state index contributed by atoms with van der Waals surface area (Å²) in [4.78, 5) is 12.7. The lowest BCUT2D eigenvalue weighted by Gasteiger charge is -2.21. The predicted molar refractivity (Wildman–Crippen MR) is 118 cm³/mol. The highest BCUT2D eigenvalue weighted by Crippen LogP contribution is 2.32. The van der Waals surface area contributed by atoms with E-state index < -0.39 is 10.0 Å². The van der Waals surface area contributed by atoms with Gasteiger partial charge in [-0.05, 0) is 66.8 Å². The highest BCUT2D eigenvalue weighted by atomic mass is 35.5. The number of amides is 1. The molecular formula is C21H27ClN2O4S. The molecule has 2 aromatic carbocycles. The fourth-order valence-electron chi connectivity index (χ4n) is 3.14. The Labute approximate surface area is 177 Å². The van der Waals surface area contributed by atoms with Crippen molar-refractivity contribution >= 4 is 33.2 Å². The molecule has 0 saturated heterocycles. The highest BCUT2D eigenvalue weighted by molar-refractivity contribution is 7.92. The molecular weight excluding hydrogens is 412 g/mol. The van der Waals surface area contributed by atoms with Gasteiger partial charge in [-0.25, -0.2) is 8.42 Å². The number of carbonyl (C=O) groups excluding carboxylic acids is 1. The summed E-state index contributed by atoms with van der Waals surface area (Å²) in [6, 6.07) is 8.20. The molecule has 0 radical (unpaired) electrons. The lowest BCUT2D eigenvalue weighted by atomic mass is 9.93. The first kappa shape index (κ1) is 23.0. The van der Waals surface area contributed by atoms with E-state index in [1.54, 1.807) is 7.11 Å². The molecule has 2 aromatic rings. The van der Waals surface area contributed by atoms with E-state index in [0.29, 0.717) is 5.69 Å². The summed E-state index contributed by atoms with van der Waals surface area (Å²) in [6.45, 7) is 8.06. The third kappa shape index (κ3) is 5.87. The number of anilines is 1. The van der Waals surface area contributed by atoms with Crippen molar-refractivity contribution in [2.45, 2.75) is 39.7 Å². The smallest absolute Gasteiger partial charge is 0.253 e.